The fraction of sp³-hybridized carbons (Fsp3) is 0.0465. The van der Waals surface area contributed by atoms with E-state index in [2.05, 4.69) is 159 Å². The van der Waals surface area contributed by atoms with Crippen LogP contribution in [0.5, 0.6) is 0 Å². The second-order valence-corrected chi connectivity index (χ2v) is 11.7. The summed E-state index contributed by atoms with van der Waals surface area (Å²) in [5, 5.41) is 5.15. The van der Waals surface area contributed by atoms with Gasteiger partial charge in [0.2, 0.25) is 0 Å². The Hall–Kier alpha value is -5.18. The summed E-state index contributed by atoms with van der Waals surface area (Å²) in [5.41, 5.74) is 13.1. The molecular weight excluding hydrogens is 563 g/mol. The van der Waals surface area contributed by atoms with E-state index in [1.807, 2.05) is 6.20 Å². The minimum Gasteiger partial charge on any atom is -0.256 e. The maximum atomic E-state index is 4.75. The number of fused-ring (bicyclic) bond motifs is 4. The van der Waals surface area contributed by atoms with E-state index in [1.165, 1.54) is 71.6 Å². The van der Waals surface area contributed by atoms with E-state index >= 15 is 0 Å². The molecule has 0 N–H and O–H groups in total. The number of rotatable bonds is 4. The van der Waals surface area contributed by atoms with Crippen molar-refractivity contribution in [2.24, 2.45) is 0 Å². The van der Waals surface area contributed by atoms with Gasteiger partial charge in [0, 0.05) is 11.8 Å². The first-order valence-electron chi connectivity index (χ1n) is 15.3. The number of pyridine rings is 1. The Bertz CT molecular complexity index is 2240. The van der Waals surface area contributed by atoms with Crippen molar-refractivity contribution in [3.05, 3.63) is 162 Å². The quantitative estimate of drug-likeness (QED) is 0.184. The highest BCUT2D eigenvalue weighted by Crippen LogP contribution is 2.36. The van der Waals surface area contributed by atoms with E-state index < -0.39 is 0 Å². The third-order valence-electron chi connectivity index (χ3n) is 8.72. The van der Waals surface area contributed by atoms with Crippen molar-refractivity contribution in [2.45, 2.75) is 13.3 Å². The molecule has 0 bridgehead atoms. The second kappa shape index (κ2) is 12.1. The van der Waals surface area contributed by atoms with Crippen LogP contribution in [0.2, 0.25) is 0 Å². The highest BCUT2D eigenvalue weighted by Gasteiger charge is 2.11. The summed E-state index contributed by atoms with van der Waals surface area (Å²) in [7, 11) is 0. The molecule has 216 valence electrons. The normalized spacial score (nSPS) is 12.1. The summed E-state index contributed by atoms with van der Waals surface area (Å²) in [5.74, 6) is 0. The molecule has 0 amide bonds. The predicted molar refractivity (Wildman–Crippen MR) is 199 cm³/mol. The standard InChI is InChI=1S/C43H31N.H2S/c1-29-23-37(25-38(24-29)31-17-21-33(22-18-31)43-27-34-9-3-2-4-11-36(34)28-44-43)30-15-19-32(20-16-30)42-26-35-10-5-6-12-39(35)40-13-7-8-14-41(40)42;/h3-28H,2H2,1H3;1H2. The van der Waals surface area contributed by atoms with Crippen LogP contribution < -0.4 is 0 Å². The lowest BCUT2D eigenvalue weighted by atomic mass is 9.91. The zero-order chi connectivity index (χ0) is 29.5. The smallest absolute Gasteiger partial charge is 0.0708 e. The molecule has 1 aromatic heterocycles. The molecule has 2 heteroatoms. The molecule has 1 aliphatic rings. The fourth-order valence-electron chi connectivity index (χ4n) is 6.48. The molecule has 1 heterocycles. The third kappa shape index (κ3) is 5.50. The first kappa shape index (κ1) is 28.6. The van der Waals surface area contributed by atoms with Crippen molar-refractivity contribution in [1.82, 2.24) is 4.98 Å². The van der Waals surface area contributed by atoms with Gasteiger partial charge in [0.05, 0.1) is 5.69 Å². The van der Waals surface area contributed by atoms with Gasteiger partial charge in [0.15, 0.2) is 0 Å². The number of allylic oxidation sites excluding steroid dienone is 2. The van der Waals surface area contributed by atoms with Crippen LogP contribution >= 0.6 is 13.5 Å². The first-order chi connectivity index (χ1) is 21.7. The number of aryl methyl sites for hydroxylation is 1. The van der Waals surface area contributed by atoms with Gasteiger partial charge in [0.1, 0.15) is 0 Å². The molecule has 0 aliphatic heterocycles. The van der Waals surface area contributed by atoms with Crippen molar-refractivity contribution in [1.29, 1.82) is 0 Å². The molecule has 1 nitrogen and oxygen atoms in total. The van der Waals surface area contributed by atoms with E-state index in [-0.39, 0.29) is 13.5 Å². The molecule has 0 unspecified atom stereocenters. The Morgan fingerprint density at radius 3 is 1.78 bits per heavy atom. The molecule has 0 radical (unpaired) electrons. The number of hydrogen-bond acceptors (Lipinski definition) is 1. The van der Waals surface area contributed by atoms with Crippen LogP contribution in [0.4, 0.5) is 0 Å². The maximum Gasteiger partial charge on any atom is 0.0708 e. The molecule has 0 atom stereocenters. The fourth-order valence-corrected chi connectivity index (χ4v) is 6.48. The van der Waals surface area contributed by atoms with Crippen LogP contribution in [-0.2, 0) is 0 Å². The number of hydrogen-bond donors (Lipinski definition) is 0. The molecule has 0 saturated carbocycles. The Kier molecular flexibility index (Phi) is 7.67. The average Bonchev–Trinajstić information content (AvgIpc) is 3.33. The molecule has 0 spiro atoms. The largest absolute Gasteiger partial charge is 0.256 e. The van der Waals surface area contributed by atoms with Gasteiger partial charge < -0.3 is 0 Å². The van der Waals surface area contributed by atoms with Crippen LogP contribution in [0.25, 0.3) is 78.3 Å². The van der Waals surface area contributed by atoms with Gasteiger partial charge in [-0.1, -0.05) is 133 Å². The lowest BCUT2D eigenvalue weighted by Gasteiger charge is -2.13. The molecular formula is C43H33NS. The van der Waals surface area contributed by atoms with Gasteiger partial charge in [-0.3, -0.25) is 4.98 Å². The molecule has 7 aromatic rings. The first-order valence-corrected chi connectivity index (χ1v) is 15.3. The molecule has 45 heavy (non-hydrogen) atoms. The highest BCUT2D eigenvalue weighted by molar-refractivity contribution is 7.59. The zero-order valence-corrected chi connectivity index (χ0v) is 26.2. The molecule has 0 fully saturated rings. The summed E-state index contributed by atoms with van der Waals surface area (Å²) >= 11 is 0. The molecule has 6 aromatic carbocycles. The minimum atomic E-state index is 0. The zero-order valence-electron chi connectivity index (χ0n) is 25.2. The predicted octanol–water partition coefficient (Wildman–Crippen LogP) is 11.9. The van der Waals surface area contributed by atoms with Gasteiger partial charge >= 0.3 is 0 Å². The number of benzene rings is 6. The topological polar surface area (TPSA) is 12.9 Å². The summed E-state index contributed by atoms with van der Waals surface area (Å²) < 4.78 is 0. The van der Waals surface area contributed by atoms with E-state index in [0.717, 1.165) is 17.7 Å². The van der Waals surface area contributed by atoms with E-state index in [4.69, 9.17) is 4.98 Å². The van der Waals surface area contributed by atoms with Gasteiger partial charge in [0.25, 0.3) is 0 Å². The summed E-state index contributed by atoms with van der Waals surface area (Å²) in [6.07, 6.45) is 11.7. The van der Waals surface area contributed by atoms with Crippen LogP contribution in [-0.4, -0.2) is 4.98 Å². The Morgan fingerprint density at radius 1 is 0.489 bits per heavy atom. The van der Waals surface area contributed by atoms with Gasteiger partial charge in [-0.25, -0.2) is 0 Å². The lowest BCUT2D eigenvalue weighted by molar-refractivity contribution is 1.31. The van der Waals surface area contributed by atoms with Crippen molar-refractivity contribution >= 4 is 47.2 Å². The lowest BCUT2D eigenvalue weighted by Crippen LogP contribution is -1.89. The Morgan fingerprint density at radius 2 is 1.07 bits per heavy atom. The highest BCUT2D eigenvalue weighted by atomic mass is 32.1. The Balaban J connectivity index is 0.00000325. The molecule has 1 aliphatic carbocycles. The van der Waals surface area contributed by atoms with Crippen molar-refractivity contribution in [2.75, 3.05) is 0 Å². The van der Waals surface area contributed by atoms with Crippen LogP contribution in [0.1, 0.15) is 23.1 Å². The third-order valence-corrected chi connectivity index (χ3v) is 8.72. The van der Waals surface area contributed by atoms with Crippen molar-refractivity contribution in [3.63, 3.8) is 0 Å². The number of nitrogens with zero attached hydrogens (tertiary/aromatic N) is 1. The van der Waals surface area contributed by atoms with Crippen LogP contribution in [0.15, 0.2) is 146 Å². The number of aromatic nitrogens is 1. The summed E-state index contributed by atoms with van der Waals surface area (Å²) in [6, 6.07) is 46.6. The van der Waals surface area contributed by atoms with Crippen LogP contribution in [0.3, 0.4) is 0 Å². The summed E-state index contributed by atoms with van der Waals surface area (Å²) in [6.45, 7) is 2.18. The van der Waals surface area contributed by atoms with Crippen LogP contribution in [0, 0.1) is 6.92 Å². The monoisotopic (exact) mass is 595 g/mol. The van der Waals surface area contributed by atoms with Gasteiger partial charge in [-0.2, -0.15) is 13.5 Å². The van der Waals surface area contributed by atoms with E-state index in [1.54, 1.807) is 0 Å². The maximum absolute atomic E-state index is 4.75. The average molecular weight is 596 g/mol. The van der Waals surface area contributed by atoms with E-state index in [0.29, 0.717) is 0 Å². The second-order valence-electron chi connectivity index (χ2n) is 11.7. The van der Waals surface area contributed by atoms with Crippen molar-refractivity contribution in [3.8, 4) is 44.6 Å². The molecule has 0 saturated heterocycles. The SMILES string of the molecule is Cc1cc(-c2ccc(-c3cc4c(cn3)C=CCC=C4)cc2)cc(-c2ccc(-c3cc4ccccc4c4ccccc34)cc2)c1.S. The van der Waals surface area contributed by atoms with Gasteiger partial charge in [-0.05, 0) is 103 Å². The van der Waals surface area contributed by atoms with Gasteiger partial charge in [-0.15, -0.1) is 0 Å². The Labute approximate surface area is 271 Å². The van der Waals surface area contributed by atoms with Crippen molar-refractivity contribution < 1.29 is 0 Å². The van der Waals surface area contributed by atoms with E-state index in [9.17, 15) is 0 Å². The molecule has 8 rings (SSSR count). The summed E-state index contributed by atoms with van der Waals surface area (Å²) in [4.78, 5) is 4.75. The minimum absolute atomic E-state index is 0.